The molecule has 1 aromatic carbocycles. The summed E-state index contributed by atoms with van der Waals surface area (Å²) < 4.78 is 15.2. The Labute approximate surface area is 105 Å². The molecule has 0 saturated heterocycles. The topological polar surface area (TPSA) is 43.8 Å². The Morgan fingerprint density at radius 2 is 2.25 bits per heavy atom. The van der Waals surface area contributed by atoms with E-state index in [1.807, 2.05) is 0 Å². The van der Waals surface area contributed by atoms with Crippen LogP contribution in [0.2, 0.25) is 5.02 Å². The molecule has 0 fully saturated rings. The molecule has 1 heterocycles. The quantitative estimate of drug-likeness (QED) is 0.926. The van der Waals surface area contributed by atoms with Gasteiger partial charge in [0.05, 0.1) is 6.54 Å². The summed E-state index contributed by atoms with van der Waals surface area (Å²) in [6.07, 6.45) is 1.63. The van der Waals surface area contributed by atoms with E-state index in [0.29, 0.717) is 21.9 Å². The van der Waals surface area contributed by atoms with Gasteiger partial charge in [-0.15, -0.1) is 0 Å². The first-order chi connectivity index (χ1) is 7.56. The van der Waals surface area contributed by atoms with Gasteiger partial charge in [-0.05, 0) is 17.7 Å². The van der Waals surface area contributed by atoms with Crippen molar-refractivity contribution in [3.63, 3.8) is 0 Å². The summed E-state index contributed by atoms with van der Waals surface area (Å²) in [6, 6.07) is 4.49. The minimum absolute atomic E-state index is 0.284. The highest BCUT2D eigenvalue weighted by molar-refractivity contribution is 9.10. The SMILES string of the molecule is Nc1nn(Cc2ccc(F)cc2Br)cc1Cl. The van der Waals surface area contributed by atoms with Gasteiger partial charge < -0.3 is 5.73 Å². The highest BCUT2D eigenvalue weighted by Crippen LogP contribution is 2.21. The molecule has 0 bridgehead atoms. The average Bonchev–Trinajstić information content (AvgIpc) is 2.51. The van der Waals surface area contributed by atoms with E-state index in [2.05, 4.69) is 21.0 Å². The van der Waals surface area contributed by atoms with Gasteiger partial charge in [0.25, 0.3) is 0 Å². The van der Waals surface area contributed by atoms with Crippen LogP contribution in [0.15, 0.2) is 28.9 Å². The predicted octanol–water partition coefficient (Wildman–Crippen LogP) is 3.07. The minimum atomic E-state index is -0.284. The normalized spacial score (nSPS) is 10.7. The first kappa shape index (κ1) is 11.4. The van der Waals surface area contributed by atoms with Gasteiger partial charge in [-0.25, -0.2) is 4.39 Å². The van der Waals surface area contributed by atoms with Crippen LogP contribution in [0.25, 0.3) is 0 Å². The van der Waals surface area contributed by atoms with E-state index in [9.17, 15) is 4.39 Å². The predicted molar refractivity (Wildman–Crippen MR) is 64.9 cm³/mol. The number of nitrogens with two attached hydrogens (primary N) is 1. The van der Waals surface area contributed by atoms with E-state index < -0.39 is 0 Å². The number of aromatic nitrogens is 2. The monoisotopic (exact) mass is 303 g/mol. The fourth-order valence-corrected chi connectivity index (χ4v) is 1.94. The second-order valence-electron chi connectivity index (χ2n) is 3.30. The zero-order chi connectivity index (χ0) is 11.7. The summed E-state index contributed by atoms with van der Waals surface area (Å²) in [5.74, 6) is 0.00790. The Hall–Kier alpha value is -1.07. The van der Waals surface area contributed by atoms with Crippen molar-refractivity contribution in [2.75, 3.05) is 5.73 Å². The Kier molecular flexibility index (Phi) is 3.16. The van der Waals surface area contributed by atoms with Crippen molar-refractivity contribution in [3.05, 3.63) is 45.3 Å². The number of anilines is 1. The molecule has 6 heteroatoms. The molecule has 0 atom stereocenters. The van der Waals surface area contributed by atoms with E-state index in [4.69, 9.17) is 17.3 Å². The molecule has 0 saturated carbocycles. The highest BCUT2D eigenvalue weighted by Gasteiger charge is 2.06. The Morgan fingerprint density at radius 3 is 2.81 bits per heavy atom. The molecule has 2 N–H and O–H groups in total. The summed E-state index contributed by atoms with van der Waals surface area (Å²) in [6.45, 7) is 0.484. The summed E-state index contributed by atoms with van der Waals surface area (Å²) in [5.41, 5.74) is 6.42. The van der Waals surface area contributed by atoms with Crippen molar-refractivity contribution in [1.82, 2.24) is 9.78 Å². The molecule has 16 heavy (non-hydrogen) atoms. The van der Waals surface area contributed by atoms with Crippen LogP contribution in [0.4, 0.5) is 10.2 Å². The molecule has 0 radical (unpaired) electrons. The van der Waals surface area contributed by atoms with Gasteiger partial charge in [-0.2, -0.15) is 5.10 Å². The maximum Gasteiger partial charge on any atom is 0.164 e. The maximum absolute atomic E-state index is 12.9. The van der Waals surface area contributed by atoms with Crippen LogP contribution in [-0.2, 0) is 6.54 Å². The molecular weight excluding hydrogens is 296 g/mol. The lowest BCUT2D eigenvalue weighted by Gasteiger charge is -2.04. The summed E-state index contributed by atoms with van der Waals surface area (Å²) >= 11 is 9.07. The van der Waals surface area contributed by atoms with E-state index in [-0.39, 0.29) is 5.82 Å². The zero-order valence-corrected chi connectivity index (χ0v) is 10.5. The number of hydrogen-bond donors (Lipinski definition) is 1. The number of hydrogen-bond acceptors (Lipinski definition) is 2. The third kappa shape index (κ3) is 2.36. The second kappa shape index (κ2) is 4.43. The molecule has 0 spiro atoms. The molecule has 2 aromatic rings. The number of halogens is 3. The van der Waals surface area contributed by atoms with Gasteiger partial charge in [0.15, 0.2) is 5.82 Å². The summed E-state index contributed by atoms with van der Waals surface area (Å²) in [5, 5.41) is 4.43. The lowest BCUT2D eigenvalue weighted by atomic mass is 10.2. The van der Waals surface area contributed by atoms with Crippen LogP contribution < -0.4 is 5.73 Å². The second-order valence-corrected chi connectivity index (χ2v) is 4.56. The van der Waals surface area contributed by atoms with Crippen LogP contribution in [-0.4, -0.2) is 9.78 Å². The van der Waals surface area contributed by atoms with Gasteiger partial charge in [-0.1, -0.05) is 33.6 Å². The van der Waals surface area contributed by atoms with E-state index in [1.165, 1.54) is 12.1 Å². The Bertz CT molecular complexity index is 507. The van der Waals surface area contributed by atoms with E-state index in [0.717, 1.165) is 5.56 Å². The molecule has 0 amide bonds. The summed E-state index contributed by atoms with van der Waals surface area (Å²) in [7, 11) is 0. The fourth-order valence-electron chi connectivity index (χ4n) is 1.32. The van der Waals surface area contributed by atoms with Crippen molar-refractivity contribution >= 4 is 33.3 Å². The van der Waals surface area contributed by atoms with Gasteiger partial charge in [0, 0.05) is 10.7 Å². The van der Waals surface area contributed by atoms with Crippen LogP contribution in [0, 0.1) is 5.82 Å². The average molecular weight is 305 g/mol. The van der Waals surface area contributed by atoms with Crippen molar-refractivity contribution in [2.45, 2.75) is 6.54 Å². The van der Waals surface area contributed by atoms with Crippen LogP contribution in [0.5, 0.6) is 0 Å². The van der Waals surface area contributed by atoms with Crippen LogP contribution in [0.1, 0.15) is 5.56 Å². The van der Waals surface area contributed by atoms with E-state index >= 15 is 0 Å². The molecule has 0 aliphatic carbocycles. The first-order valence-corrected chi connectivity index (χ1v) is 5.65. The first-order valence-electron chi connectivity index (χ1n) is 4.48. The smallest absolute Gasteiger partial charge is 0.164 e. The van der Waals surface area contributed by atoms with Crippen LogP contribution >= 0.6 is 27.5 Å². The van der Waals surface area contributed by atoms with Gasteiger partial charge in [-0.3, -0.25) is 4.68 Å². The molecule has 0 aliphatic heterocycles. The summed E-state index contributed by atoms with van der Waals surface area (Å²) in [4.78, 5) is 0. The fraction of sp³-hybridized carbons (Fsp3) is 0.100. The van der Waals surface area contributed by atoms with Crippen molar-refractivity contribution in [1.29, 1.82) is 0 Å². The van der Waals surface area contributed by atoms with Crippen molar-refractivity contribution < 1.29 is 4.39 Å². The number of nitrogens with zero attached hydrogens (tertiary/aromatic N) is 2. The van der Waals surface area contributed by atoms with Gasteiger partial charge in [0.1, 0.15) is 10.8 Å². The lowest BCUT2D eigenvalue weighted by molar-refractivity contribution is 0.623. The molecule has 0 unspecified atom stereocenters. The zero-order valence-electron chi connectivity index (χ0n) is 8.12. The number of rotatable bonds is 2. The largest absolute Gasteiger partial charge is 0.381 e. The number of benzene rings is 1. The third-order valence-electron chi connectivity index (χ3n) is 2.09. The molecule has 0 aliphatic rings. The molecule has 84 valence electrons. The van der Waals surface area contributed by atoms with Gasteiger partial charge >= 0.3 is 0 Å². The molecule has 2 rings (SSSR count). The van der Waals surface area contributed by atoms with Crippen LogP contribution in [0.3, 0.4) is 0 Å². The molecule has 3 nitrogen and oxygen atoms in total. The molecular formula is C10H8BrClFN3. The van der Waals surface area contributed by atoms with Gasteiger partial charge in [0.2, 0.25) is 0 Å². The van der Waals surface area contributed by atoms with Crippen molar-refractivity contribution in [2.24, 2.45) is 0 Å². The van der Waals surface area contributed by atoms with Crippen molar-refractivity contribution in [3.8, 4) is 0 Å². The standard InChI is InChI=1S/C10H8BrClFN3/c11-8-3-7(13)2-1-6(8)4-16-5-9(12)10(14)15-16/h1-3,5H,4H2,(H2,14,15). The minimum Gasteiger partial charge on any atom is -0.381 e. The maximum atomic E-state index is 12.9. The highest BCUT2D eigenvalue weighted by atomic mass is 79.9. The van der Waals surface area contributed by atoms with E-state index in [1.54, 1.807) is 16.9 Å². The third-order valence-corrected chi connectivity index (χ3v) is 3.12. The lowest BCUT2D eigenvalue weighted by Crippen LogP contribution is -2.02. The molecule has 1 aromatic heterocycles. The number of nitrogen functional groups attached to an aromatic ring is 1. The Morgan fingerprint density at radius 1 is 1.50 bits per heavy atom. The Balaban J connectivity index is 2.27.